The monoisotopic (exact) mass is 366 g/mol. The summed E-state index contributed by atoms with van der Waals surface area (Å²) in [6.07, 6.45) is 3.61. The van der Waals surface area contributed by atoms with E-state index in [1.165, 1.54) is 4.88 Å². The van der Waals surface area contributed by atoms with Crippen LogP contribution in [0, 0.1) is 0 Å². The minimum absolute atomic E-state index is 0.418. The van der Waals surface area contributed by atoms with Crippen molar-refractivity contribution in [1.29, 1.82) is 0 Å². The molecule has 2 heterocycles. The minimum atomic E-state index is 0.418. The van der Waals surface area contributed by atoms with E-state index >= 15 is 0 Å². The van der Waals surface area contributed by atoms with Crippen LogP contribution in [0.25, 0.3) is 0 Å². The van der Waals surface area contributed by atoms with E-state index in [9.17, 15) is 0 Å². The second-order valence-electron chi connectivity index (χ2n) is 4.82. The topological polar surface area (TPSA) is 38.5 Å². The highest BCUT2D eigenvalue weighted by Gasteiger charge is 2.20. The first-order chi connectivity index (χ1) is 9.19. The highest BCUT2D eigenvalue weighted by atomic mass is 79.9. The number of likely N-dealkylation sites (tertiary alicyclic amines) is 1. The van der Waals surface area contributed by atoms with Gasteiger partial charge in [0.15, 0.2) is 0 Å². The number of hydrogen-bond acceptors (Lipinski definition) is 4. The van der Waals surface area contributed by atoms with Gasteiger partial charge in [0, 0.05) is 35.6 Å². The third kappa shape index (κ3) is 4.99. The Morgan fingerprint density at radius 3 is 2.79 bits per heavy atom. The molecule has 108 valence electrons. The predicted molar refractivity (Wildman–Crippen MR) is 85.0 cm³/mol. The fourth-order valence-electron chi connectivity index (χ4n) is 2.26. The van der Waals surface area contributed by atoms with Crippen LogP contribution in [0.15, 0.2) is 10.5 Å². The van der Waals surface area contributed by atoms with E-state index in [2.05, 4.69) is 26.9 Å². The van der Waals surface area contributed by atoms with Gasteiger partial charge in [-0.1, -0.05) is 11.6 Å². The van der Waals surface area contributed by atoms with Crippen molar-refractivity contribution >= 4 is 38.9 Å². The lowest BCUT2D eigenvalue weighted by Crippen LogP contribution is -2.36. The van der Waals surface area contributed by atoms with Crippen LogP contribution in [-0.2, 0) is 11.3 Å². The standard InChI is InChI=1S/C13H20BrClN2OS/c14-12-8-11(19-13(12)15)9-17-5-2-10(3-6-17)18-7-1-4-16/h8,10H,1-7,9,16H2. The van der Waals surface area contributed by atoms with Crippen molar-refractivity contribution in [2.45, 2.75) is 31.9 Å². The van der Waals surface area contributed by atoms with Crippen molar-refractivity contribution < 1.29 is 4.74 Å². The molecule has 1 aliphatic rings. The van der Waals surface area contributed by atoms with Crippen molar-refractivity contribution in [3.8, 4) is 0 Å². The molecule has 2 N–H and O–H groups in total. The summed E-state index contributed by atoms with van der Waals surface area (Å²) in [5, 5.41) is 0. The van der Waals surface area contributed by atoms with Crippen molar-refractivity contribution in [1.82, 2.24) is 4.90 Å². The maximum Gasteiger partial charge on any atom is 0.107 e. The first-order valence-electron chi connectivity index (χ1n) is 6.66. The molecule has 0 radical (unpaired) electrons. The fraction of sp³-hybridized carbons (Fsp3) is 0.692. The van der Waals surface area contributed by atoms with Crippen LogP contribution in [0.3, 0.4) is 0 Å². The second kappa shape index (κ2) is 7.96. The Bertz CT molecular complexity index is 374. The molecule has 1 aromatic heterocycles. The van der Waals surface area contributed by atoms with Crippen molar-refractivity contribution in [3.63, 3.8) is 0 Å². The molecule has 0 bridgehead atoms. The van der Waals surface area contributed by atoms with E-state index in [0.29, 0.717) is 12.6 Å². The van der Waals surface area contributed by atoms with Crippen molar-refractivity contribution in [3.05, 3.63) is 19.8 Å². The summed E-state index contributed by atoms with van der Waals surface area (Å²) >= 11 is 11.2. The maximum absolute atomic E-state index is 6.06. The van der Waals surface area contributed by atoms with Gasteiger partial charge in [0.2, 0.25) is 0 Å². The van der Waals surface area contributed by atoms with Gasteiger partial charge in [-0.2, -0.15) is 0 Å². The maximum atomic E-state index is 6.06. The smallest absolute Gasteiger partial charge is 0.107 e. The van der Waals surface area contributed by atoms with Crippen LogP contribution in [0.5, 0.6) is 0 Å². The zero-order chi connectivity index (χ0) is 13.7. The average molecular weight is 368 g/mol. The molecule has 0 spiro atoms. The van der Waals surface area contributed by atoms with Crippen LogP contribution in [-0.4, -0.2) is 37.2 Å². The van der Waals surface area contributed by atoms with Crippen LogP contribution < -0.4 is 5.73 Å². The number of halogens is 2. The number of hydrogen-bond donors (Lipinski definition) is 1. The normalized spacial score (nSPS) is 18.1. The number of rotatable bonds is 6. The van der Waals surface area contributed by atoms with E-state index in [1.54, 1.807) is 11.3 Å². The number of ether oxygens (including phenoxy) is 1. The molecule has 3 nitrogen and oxygen atoms in total. The molecule has 2 rings (SSSR count). The summed E-state index contributed by atoms with van der Waals surface area (Å²) < 4.78 is 7.66. The van der Waals surface area contributed by atoms with E-state index in [1.807, 2.05) is 0 Å². The Morgan fingerprint density at radius 1 is 1.47 bits per heavy atom. The molecule has 0 aromatic carbocycles. The van der Waals surface area contributed by atoms with Crippen LogP contribution in [0.1, 0.15) is 24.1 Å². The zero-order valence-electron chi connectivity index (χ0n) is 10.9. The molecule has 1 aromatic rings. The molecule has 0 saturated carbocycles. The Hall–Kier alpha value is 0.350. The van der Waals surface area contributed by atoms with Crippen molar-refractivity contribution in [2.75, 3.05) is 26.2 Å². The van der Waals surface area contributed by atoms with Gasteiger partial charge >= 0.3 is 0 Å². The van der Waals surface area contributed by atoms with Gasteiger partial charge < -0.3 is 10.5 Å². The highest BCUT2D eigenvalue weighted by Crippen LogP contribution is 2.33. The zero-order valence-corrected chi connectivity index (χ0v) is 14.1. The molecule has 1 saturated heterocycles. The molecule has 0 unspecified atom stereocenters. The van der Waals surface area contributed by atoms with E-state index < -0.39 is 0 Å². The van der Waals surface area contributed by atoms with Crippen molar-refractivity contribution in [2.24, 2.45) is 5.73 Å². The van der Waals surface area contributed by atoms with Crippen LogP contribution in [0.4, 0.5) is 0 Å². The molecule has 1 fully saturated rings. The summed E-state index contributed by atoms with van der Waals surface area (Å²) in [7, 11) is 0. The summed E-state index contributed by atoms with van der Waals surface area (Å²) in [6, 6.07) is 2.12. The molecular formula is C13H20BrClN2OS. The van der Waals surface area contributed by atoms with Gasteiger partial charge in [-0.25, -0.2) is 0 Å². The van der Waals surface area contributed by atoms with Crippen LogP contribution >= 0.6 is 38.9 Å². The molecule has 0 atom stereocenters. The minimum Gasteiger partial charge on any atom is -0.378 e. The Balaban J connectivity index is 1.71. The lowest BCUT2D eigenvalue weighted by atomic mass is 10.1. The molecule has 1 aliphatic heterocycles. The summed E-state index contributed by atoms with van der Waals surface area (Å²) in [4.78, 5) is 3.79. The largest absolute Gasteiger partial charge is 0.378 e. The lowest BCUT2D eigenvalue weighted by Gasteiger charge is -2.31. The summed E-state index contributed by atoms with van der Waals surface area (Å²) in [6.45, 7) is 4.70. The highest BCUT2D eigenvalue weighted by molar-refractivity contribution is 9.10. The SMILES string of the molecule is NCCCOC1CCN(Cc2cc(Br)c(Cl)s2)CC1. The molecule has 6 heteroatoms. The molecule has 0 aliphatic carbocycles. The van der Waals surface area contributed by atoms with E-state index in [-0.39, 0.29) is 0 Å². The fourth-order valence-corrected chi connectivity index (χ4v) is 4.09. The second-order valence-corrected chi connectivity index (χ2v) is 7.42. The van der Waals surface area contributed by atoms with Crippen LogP contribution in [0.2, 0.25) is 4.34 Å². The van der Waals surface area contributed by atoms with Gasteiger partial charge in [-0.15, -0.1) is 11.3 Å². The average Bonchev–Trinajstić information content (AvgIpc) is 2.71. The molecule has 0 amide bonds. The molecular weight excluding hydrogens is 348 g/mol. The van der Waals surface area contributed by atoms with Gasteiger partial charge in [-0.05, 0) is 47.8 Å². The van der Waals surface area contributed by atoms with E-state index in [4.69, 9.17) is 22.1 Å². The summed E-state index contributed by atoms with van der Waals surface area (Å²) in [5.74, 6) is 0. The Kier molecular flexibility index (Phi) is 6.59. The predicted octanol–water partition coefficient (Wildman–Crippen LogP) is 3.49. The first kappa shape index (κ1) is 15.7. The first-order valence-corrected chi connectivity index (χ1v) is 8.65. The van der Waals surface area contributed by atoms with Gasteiger partial charge in [0.05, 0.1) is 6.10 Å². The number of nitrogens with zero attached hydrogens (tertiary/aromatic N) is 1. The Labute approximate surface area is 132 Å². The third-order valence-corrected chi connectivity index (χ3v) is 5.77. The van der Waals surface area contributed by atoms with Gasteiger partial charge in [0.1, 0.15) is 4.34 Å². The lowest BCUT2D eigenvalue weighted by molar-refractivity contribution is 0.00582. The third-order valence-electron chi connectivity index (χ3n) is 3.31. The quantitative estimate of drug-likeness (QED) is 0.782. The van der Waals surface area contributed by atoms with Gasteiger partial charge in [0.25, 0.3) is 0 Å². The Morgan fingerprint density at radius 2 is 2.21 bits per heavy atom. The number of piperidine rings is 1. The number of nitrogens with two attached hydrogens (primary N) is 1. The van der Waals surface area contributed by atoms with Gasteiger partial charge in [-0.3, -0.25) is 4.90 Å². The van der Waals surface area contributed by atoms with E-state index in [0.717, 1.165) is 54.3 Å². The number of thiophene rings is 1. The molecule has 19 heavy (non-hydrogen) atoms. The summed E-state index contributed by atoms with van der Waals surface area (Å²) in [5.41, 5.74) is 5.46.